The molecule has 1 unspecified atom stereocenters. The molecule has 5 heteroatoms. The Morgan fingerprint density at radius 1 is 1.18 bits per heavy atom. The van der Waals surface area contributed by atoms with Gasteiger partial charge in [-0.3, -0.25) is 4.90 Å². The van der Waals surface area contributed by atoms with Crippen molar-refractivity contribution in [3.05, 3.63) is 34.6 Å². The Bertz CT molecular complexity index is 683. The Hall–Kier alpha value is -1.72. The quantitative estimate of drug-likeness (QED) is 0.850. The minimum Gasteiger partial charge on any atom is -0.498 e. The maximum atomic E-state index is 10.8. The molecule has 0 amide bonds. The van der Waals surface area contributed by atoms with Gasteiger partial charge in [0.25, 0.3) is 0 Å². The van der Waals surface area contributed by atoms with Crippen LogP contribution in [-0.4, -0.2) is 49.1 Å². The van der Waals surface area contributed by atoms with Gasteiger partial charge >= 0.3 is 0 Å². The number of aliphatic hydroxyl groups excluding tert-OH is 1. The lowest BCUT2D eigenvalue weighted by Gasteiger charge is -2.27. The van der Waals surface area contributed by atoms with E-state index in [0.717, 1.165) is 43.2 Å². The average Bonchev–Trinajstić information content (AvgIpc) is 3.16. The first-order chi connectivity index (χ1) is 10.8. The molecule has 0 saturated carbocycles. The van der Waals surface area contributed by atoms with Crippen LogP contribution in [0.25, 0.3) is 0 Å². The third kappa shape index (κ3) is 1.50. The van der Waals surface area contributed by atoms with Crippen molar-refractivity contribution in [2.45, 2.75) is 30.9 Å². The van der Waals surface area contributed by atoms with E-state index in [-0.39, 0.29) is 18.8 Å². The molecule has 1 saturated heterocycles. The number of hydrogen-bond acceptors (Lipinski definition) is 5. The smallest absolute Gasteiger partial charge is 0.231 e. The van der Waals surface area contributed by atoms with Gasteiger partial charge in [-0.25, -0.2) is 0 Å². The Kier molecular flexibility index (Phi) is 2.56. The normalized spacial score (nSPS) is 32.0. The van der Waals surface area contributed by atoms with Gasteiger partial charge in [0.2, 0.25) is 6.79 Å². The summed E-state index contributed by atoms with van der Waals surface area (Å²) < 4.78 is 16.6. The van der Waals surface area contributed by atoms with E-state index in [9.17, 15) is 5.11 Å². The molecular formula is C17H19NO4. The van der Waals surface area contributed by atoms with Gasteiger partial charge < -0.3 is 19.3 Å². The second-order valence-electron chi connectivity index (χ2n) is 6.45. The minimum absolute atomic E-state index is 0.0412. The van der Waals surface area contributed by atoms with Gasteiger partial charge in [-0.15, -0.1) is 0 Å². The van der Waals surface area contributed by atoms with Crippen LogP contribution in [0.15, 0.2) is 23.5 Å². The van der Waals surface area contributed by atoms with Crippen LogP contribution >= 0.6 is 0 Å². The van der Waals surface area contributed by atoms with E-state index in [1.807, 2.05) is 0 Å². The predicted octanol–water partition coefficient (Wildman–Crippen LogP) is 1.40. The van der Waals surface area contributed by atoms with Crippen molar-refractivity contribution in [3.63, 3.8) is 0 Å². The van der Waals surface area contributed by atoms with E-state index in [1.165, 1.54) is 16.7 Å². The summed E-state index contributed by atoms with van der Waals surface area (Å²) in [5.74, 6) is 2.45. The Morgan fingerprint density at radius 3 is 2.77 bits per heavy atom. The first-order valence-electron chi connectivity index (χ1n) is 7.89. The largest absolute Gasteiger partial charge is 0.498 e. The monoisotopic (exact) mass is 301 g/mol. The zero-order valence-corrected chi connectivity index (χ0v) is 12.5. The van der Waals surface area contributed by atoms with Crippen LogP contribution in [0.4, 0.5) is 0 Å². The van der Waals surface area contributed by atoms with E-state index in [1.54, 1.807) is 7.11 Å². The van der Waals surface area contributed by atoms with Gasteiger partial charge in [0.1, 0.15) is 11.9 Å². The lowest BCUT2D eigenvalue weighted by atomic mass is 9.87. The predicted molar refractivity (Wildman–Crippen MR) is 79.0 cm³/mol. The molecule has 22 heavy (non-hydrogen) atoms. The van der Waals surface area contributed by atoms with E-state index in [0.29, 0.717) is 0 Å². The number of ether oxygens (including phenoxy) is 3. The van der Waals surface area contributed by atoms with E-state index in [4.69, 9.17) is 14.2 Å². The second-order valence-corrected chi connectivity index (χ2v) is 6.45. The first-order valence-corrected chi connectivity index (χ1v) is 7.89. The molecule has 0 aromatic heterocycles. The highest BCUT2D eigenvalue weighted by molar-refractivity contribution is 5.54. The first kappa shape index (κ1) is 12.8. The number of aliphatic hydroxyl groups is 1. The lowest BCUT2D eigenvalue weighted by molar-refractivity contribution is 0.101. The van der Waals surface area contributed by atoms with Crippen molar-refractivity contribution >= 4 is 0 Å². The summed E-state index contributed by atoms with van der Waals surface area (Å²) in [6.07, 6.45) is 1.42. The second kappa shape index (κ2) is 4.40. The minimum atomic E-state index is -0.565. The van der Waals surface area contributed by atoms with Gasteiger partial charge in [0.15, 0.2) is 11.5 Å². The zero-order chi connectivity index (χ0) is 14.8. The molecule has 0 bridgehead atoms. The van der Waals surface area contributed by atoms with Gasteiger partial charge in [-0.05, 0) is 41.7 Å². The molecule has 5 nitrogen and oxygen atoms in total. The number of fused-ring (bicyclic) bond motifs is 3. The third-order valence-electron chi connectivity index (χ3n) is 5.57. The highest BCUT2D eigenvalue weighted by Crippen LogP contribution is 2.51. The zero-order valence-electron chi connectivity index (χ0n) is 12.5. The number of methoxy groups -OCH3 is 1. The Morgan fingerprint density at radius 2 is 1.95 bits per heavy atom. The molecule has 3 atom stereocenters. The highest BCUT2D eigenvalue weighted by atomic mass is 16.7. The average molecular weight is 301 g/mol. The molecule has 1 N–H and O–H groups in total. The van der Waals surface area contributed by atoms with Crippen molar-refractivity contribution < 1.29 is 19.3 Å². The topological polar surface area (TPSA) is 51.2 Å². The molecule has 1 fully saturated rings. The summed E-state index contributed by atoms with van der Waals surface area (Å²) in [6.45, 7) is 2.35. The fourth-order valence-electron chi connectivity index (χ4n) is 4.64. The fourth-order valence-corrected chi connectivity index (χ4v) is 4.64. The number of nitrogens with zero attached hydrogens (tertiary/aromatic N) is 1. The molecule has 3 heterocycles. The summed E-state index contributed by atoms with van der Waals surface area (Å²) in [6, 6.07) is 4.44. The number of rotatable bonds is 1. The summed E-state index contributed by atoms with van der Waals surface area (Å²) >= 11 is 0. The molecule has 116 valence electrons. The van der Waals surface area contributed by atoms with Crippen molar-refractivity contribution in [1.82, 2.24) is 4.90 Å². The van der Waals surface area contributed by atoms with E-state index in [2.05, 4.69) is 17.0 Å². The number of benzene rings is 1. The van der Waals surface area contributed by atoms with Crippen LogP contribution in [0.1, 0.15) is 23.5 Å². The van der Waals surface area contributed by atoms with E-state index < -0.39 is 6.10 Å². The van der Waals surface area contributed by atoms with Crippen molar-refractivity contribution in [1.29, 1.82) is 0 Å². The maximum absolute atomic E-state index is 10.8. The van der Waals surface area contributed by atoms with Gasteiger partial charge in [0, 0.05) is 25.0 Å². The maximum Gasteiger partial charge on any atom is 0.231 e. The van der Waals surface area contributed by atoms with Crippen molar-refractivity contribution in [3.8, 4) is 11.5 Å². The Balaban J connectivity index is 1.68. The molecule has 0 radical (unpaired) electrons. The molecular weight excluding hydrogens is 282 g/mol. The lowest BCUT2D eigenvalue weighted by Crippen LogP contribution is -2.35. The van der Waals surface area contributed by atoms with Crippen LogP contribution in [0.2, 0.25) is 0 Å². The summed E-state index contributed by atoms with van der Waals surface area (Å²) in [7, 11) is 1.67. The SMILES string of the molecule is COC1=C2CCN3CCc4cc5c(cc4[C@@H](C23)[C@@H]1O)OCO5. The van der Waals surface area contributed by atoms with E-state index >= 15 is 0 Å². The highest BCUT2D eigenvalue weighted by Gasteiger charge is 2.51. The standard InChI is InChI=1S/C17H19NO4/c1-20-17-10-3-5-18-4-2-9-6-12-13(22-8-21-12)7-11(9)14(15(10)18)16(17)19/h6-7,14-16,19H,2-5,8H2,1H3/t14-,15?,16-/m0/s1. The molecule has 1 aromatic rings. The van der Waals surface area contributed by atoms with Crippen LogP contribution in [0.5, 0.6) is 11.5 Å². The molecule has 1 aromatic carbocycles. The number of hydrogen-bond donors (Lipinski definition) is 1. The van der Waals surface area contributed by atoms with Crippen LogP contribution < -0.4 is 9.47 Å². The summed E-state index contributed by atoms with van der Waals surface area (Å²) in [5.41, 5.74) is 3.74. The van der Waals surface area contributed by atoms with Crippen LogP contribution in [-0.2, 0) is 11.2 Å². The molecule has 1 aliphatic carbocycles. The van der Waals surface area contributed by atoms with Gasteiger partial charge in [0.05, 0.1) is 7.11 Å². The molecule has 0 spiro atoms. The Labute approximate surface area is 129 Å². The van der Waals surface area contributed by atoms with Crippen LogP contribution in [0.3, 0.4) is 0 Å². The summed E-state index contributed by atoms with van der Waals surface area (Å²) in [5, 5.41) is 10.8. The van der Waals surface area contributed by atoms with Gasteiger partial charge in [-0.2, -0.15) is 0 Å². The van der Waals surface area contributed by atoms with Crippen molar-refractivity contribution in [2.24, 2.45) is 0 Å². The molecule has 5 rings (SSSR count). The fraction of sp³-hybridized carbons (Fsp3) is 0.529. The van der Waals surface area contributed by atoms with Crippen LogP contribution in [0, 0.1) is 0 Å². The van der Waals surface area contributed by atoms with Gasteiger partial charge in [-0.1, -0.05) is 0 Å². The van der Waals surface area contributed by atoms with Crippen molar-refractivity contribution in [2.75, 3.05) is 27.0 Å². The third-order valence-corrected chi connectivity index (χ3v) is 5.57. The summed E-state index contributed by atoms with van der Waals surface area (Å²) in [4.78, 5) is 2.49. The molecule has 3 aliphatic heterocycles. The molecule has 4 aliphatic rings.